The molecule has 0 radical (unpaired) electrons. The smallest absolute Gasteiger partial charge is 0.449 e. The van der Waals surface area contributed by atoms with Gasteiger partial charge >= 0.3 is 6.18 Å². The lowest BCUT2D eigenvalue weighted by Gasteiger charge is -2.03. The van der Waals surface area contributed by atoms with Gasteiger partial charge in [-0.25, -0.2) is 4.99 Å². The minimum absolute atomic E-state index is 0.238. The predicted octanol–water partition coefficient (Wildman–Crippen LogP) is 2.43. The van der Waals surface area contributed by atoms with Gasteiger partial charge in [-0.05, 0) is 30.4 Å². The second kappa shape index (κ2) is 4.85. The number of furan rings is 1. The highest BCUT2D eigenvalue weighted by atomic mass is 19.4. The number of nitrogens with zero attached hydrogens (tertiary/aromatic N) is 1. The van der Waals surface area contributed by atoms with Crippen molar-refractivity contribution in [2.45, 2.75) is 12.3 Å². The Hall–Kier alpha value is -2.15. The molecule has 1 aromatic heterocycles. The number of aliphatic hydroxyl groups is 1. The molecular formula is C12H8F3NO3. The highest BCUT2D eigenvalue weighted by Crippen LogP contribution is 2.32. The summed E-state index contributed by atoms with van der Waals surface area (Å²) in [6, 6.07) is 1.78. The number of hydrogen-bond donors (Lipinski definition) is 1. The molecule has 0 saturated carbocycles. The summed E-state index contributed by atoms with van der Waals surface area (Å²) in [5.41, 5.74) is 0.312. The molecule has 0 bridgehead atoms. The van der Waals surface area contributed by atoms with E-state index in [1.165, 1.54) is 24.3 Å². The van der Waals surface area contributed by atoms with E-state index in [-0.39, 0.29) is 5.76 Å². The van der Waals surface area contributed by atoms with Crippen molar-refractivity contribution in [1.82, 2.24) is 0 Å². The molecule has 100 valence electrons. The fraction of sp³-hybridized carbons (Fsp3) is 0.167. The molecule has 7 heteroatoms. The number of amides is 1. The maximum absolute atomic E-state index is 12.3. The Kier molecular flexibility index (Phi) is 3.39. The van der Waals surface area contributed by atoms with E-state index in [4.69, 9.17) is 0 Å². The van der Waals surface area contributed by atoms with E-state index in [1.807, 2.05) is 0 Å². The van der Waals surface area contributed by atoms with E-state index in [1.54, 1.807) is 0 Å². The Morgan fingerprint density at radius 1 is 1.32 bits per heavy atom. The monoisotopic (exact) mass is 271 g/mol. The van der Waals surface area contributed by atoms with Crippen LogP contribution in [0.1, 0.15) is 17.6 Å². The molecule has 2 heterocycles. The van der Waals surface area contributed by atoms with Crippen LogP contribution in [0.25, 0.3) is 0 Å². The van der Waals surface area contributed by atoms with Gasteiger partial charge in [0.2, 0.25) is 5.76 Å². The Labute approximate surface area is 105 Å². The molecule has 0 spiro atoms. The zero-order valence-corrected chi connectivity index (χ0v) is 9.39. The van der Waals surface area contributed by atoms with Crippen molar-refractivity contribution in [3.63, 3.8) is 0 Å². The Balaban J connectivity index is 2.08. The molecule has 4 nitrogen and oxygen atoms in total. The molecule has 1 atom stereocenters. The summed E-state index contributed by atoms with van der Waals surface area (Å²) in [4.78, 5) is 14.3. The lowest BCUT2D eigenvalue weighted by atomic mass is 10.2. The van der Waals surface area contributed by atoms with Gasteiger partial charge in [0, 0.05) is 6.08 Å². The number of aliphatic imine (C=N–C) groups is 1. The quantitative estimate of drug-likeness (QED) is 0.918. The molecule has 0 aromatic carbocycles. The largest absolute Gasteiger partial charge is 0.453 e. The van der Waals surface area contributed by atoms with Crippen molar-refractivity contribution in [2.75, 3.05) is 0 Å². The highest BCUT2D eigenvalue weighted by molar-refractivity contribution is 6.17. The molecule has 0 unspecified atom stereocenters. The third kappa shape index (κ3) is 3.19. The topological polar surface area (TPSA) is 62.8 Å². The van der Waals surface area contributed by atoms with Crippen molar-refractivity contribution in [3.05, 3.63) is 48.0 Å². The van der Waals surface area contributed by atoms with Crippen LogP contribution in [0.3, 0.4) is 0 Å². The molecule has 2 rings (SSSR count). The van der Waals surface area contributed by atoms with Gasteiger partial charge in [-0.3, -0.25) is 4.79 Å². The molecule has 1 N–H and O–H groups in total. The third-order valence-corrected chi connectivity index (χ3v) is 2.28. The minimum atomic E-state index is -4.59. The maximum atomic E-state index is 12.3. The summed E-state index contributed by atoms with van der Waals surface area (Å²) in [5, 5.41) is 9.61. The van der Waals surface area contributed by atoms with Crippen LogP contribution in [-0.4, -0.2) is 16.7 Å². The van der Waals surface area contributed by atoms with Crippen LogP contribution >= 0.6 is 0 Å². The molecule has 0 aliphatic carbocycles. The van der Waals surface area contributed by atoms with Crippen molar-refractivity contribution in [3.8, 4) is 0 Å². The van der Waals surface area contributed by atoms with Crippen molar-refractivity contribution in [1.29, 1.82) is 0 Å². The molecule has 1 amide bonds. The first-order valence-electron chi connectivity index (χ1n) is 5.20. The summed E-state index contributed by atoms with van der Waals surface area (Å²) in [7, 11) is 0. The van der Waals surface area contributed by atoms with Crippen LogP contribution in [0.4, 0.5) is 13.2 Å². The molecule has 0 saturated heterocycles. The number of aliphatic hydroxyl groups excluding tert-OH is 1. The number of alkyl halides is 3. The minimum Gasteiger partial charge on any atom is -0.453 e. The van der Waals surface area contributed by atoms with Crippen LogP contribution in [0.5, 0.6) is 0 Å². The van der Waals surface area contributed by atoms with Crippen molar-refractivity contribution in [2.24, 2.45) is 4.99 Å². The molecule has 1 aliphatic rings. The lowest BCUT2D eigenvalue weighted by molar-refractivity contribution is -0.153. The van der Waals surface area contributed by atoms with Crippen LogP contribution < -0.4 is 0 Å². The van der Waals surface area contributed by atoms with Crippen molar-refractivity contribution < 1.29 is 27.5 Å². The van der Waals surface area contributed by atoms with Gasteiger partial charge in [-0.1, -0.05) is 0 Å². The number of allylic oxidation sites excluding steroid dienone is 2. The first kappa shape index (κ1) is 13.3. The fourth-order valence-corrected chi connectivity index (χ4v) is 1.40. The van der Waals surface area contributed by atoms with E-state index >= 15 is 0 Å². The van der Waals surface area contributed by atoms with Gasteiger partial charge in [0.05, 0.1) is 5.71 Å². The first-order valence-corrected chi connectivity index (χ1v) is 5.20. The van der Waals surface area contributed by atoms with Crippen LogP contribution in [0.2, 0.25) is 0 Å². The Bertz CT molecular complexity index is 581. The molecule has 19 heavy (non-hydrogen) atoms. The number of carbonyl (C=O) groups is 1. The van der Waals surface area contributed by atoms with Gasteiger partial charge in [0.1, 0.15) is 11.9 Å². The van der Waals surface area contributed by atoms with Crippen LogP contribution in [0, 0.1) is 0 Å². The Morgan fingerprint density at radius 3 is 2.58 bits per heavy atom. The maximum Gasteiger partial charge on any atom is 0.449 e. The zero-order chi connectivity index (χ0) is 14.0. The average Bonchev–Trinajstić information content (AvgIpc) is 2.93. The fourth-order valence-electron chi connectivity index (χ4n) is 1.40. The molecular weight excluding hydrogens is 263 g/mol. The van der Waals surface area contributed by atoms with Gasteiger partial charge < -0.3 is 9.52 Å². The SMILES string of the molecule is O=C1C=CC(/C=C/[C@@H](O)c2ccc(C(F)(F)F)o2)=N1. The Morgan fingerprint density at radius 2 is 2.05 bits per heavy atom. The van der Waals surface area contributed by atoms with Gasteiger partial charge in [-0.15, -0.1) is 0 Å². The summed E-state index contributed by atoms with van der Waals surface area (Å²) < 4.78 is 41.3. The van der Waals surface area contributed by atoms with Gasteiger partial charge in [0.15, 0.2) is 0 Å². The molecule has 1 aromatic rings. The van der Waals surface area contributed by atoms with Gasteiger partial charge in [0.25, 0.3) is 5.91 Å². The number of carbonyl (C=O) groups excluding carboxylic acids is 1. The van der Waals surface area contributed by atoms with Crippen LogP contribution in [0.15, 0.2) is 45.8 Å². The van der Waals surface area contributed by atoms with E-state index < -0.39 is 23.9 Å². The van der Waals surface area contributed by atoms with Crippen molar-refractivity contribution >= 4 is 11.6 Å². The molecule has 0 fully saturated rings. The van der Waals surface area contributed by atoms with E-state index in [2.05, 4.69) is 9.41 Å². The predicted molar refractivity (Wildman–Crippen MR) is 59.4 cm³/mol. The number of halogens is 3. The highest BCUT2D eigenvalue weighted by Gasteiger charge is 2.35. The first-order chi connectivity index (χ1) is 8.86. The summed E-state index contributed by atoms with van der Waals surface area (Å²) in [5.74, 6) is -1.84. The zero-order valence-electron chi connectivity index (χ0n) is 9.39. The molecule has 1 aliphatic heterocycles. The van der Waals surface area contributed by atoms with E-state index in [9.17, 15) is 23.1 Å². The van der Waals surface area contributed by atoms with Crippen LogP contribution in [-0.2, 0) is 11.0 Å². The summed E-state index contributed by atoms with van der Waals surface area (Å²) in [6.07, 6.45) is -0.771. The van der Waals surface area contributed by atoms with Gasteiger partial charge in [-0.2, -0.15) is 13.2 Å². The number of rotatable bonds is 3. The lowest BCUT2D eigenvalue weighted by Crippen LogP contribution is -2.02. The second-order valence-corrected chi connectivity index (χ2v) is 3.71. The average molecular weight is 271 g/mol. The standard InChI is InChI=1S/C12H8F3NO3/c13-12(14,15)10-5-4-9(19-10)8(17)3-1-7-2-6-11(18)16-7/h1-6,8,17H/b3-1+/t8-/m1/s1. The summed E-state index contributed by atoms with van der Waals surface area (Å²) >= 11 is 0. The normalized spacial score (nSPS) is 17.3. The second-order valence-electron chi connectivity index (χ2n) is 3.71. The number of hydrogen-bond acceptors (Lipinski definition) is 3. The third-order valence-electron chi connectivity index (χ3n) is 2.28. The van der Waals surface area contributed by atoms with E-state index in [0.717, 1.165) is 12.1 Å². The summed E-state index contributed by atoms with van der Waals surface area (Å²) in [6.45, 7) is 0. The van der Waals surface area contributed by atoms with E-state index in [0.29, 0.717) is 5.71 Å².